The van der Waals surface area contributed by atoms with Crippen molar-refractivity contribution in [3.8, 4) is 0 Å². The molecule has 142 valence electrons. The minimum atomic E-state index is -0.0324. The number of hydrogen-bond donors (Lipinski definition) is 1. The smallest absolute Gasteiger partial charge is 0.0678 e. The van der Waals surface area contributed by atoms with Gasteiger partial charge in [0.15, 0.2) is 0 Å². The first-order chi connectivity index (χ1) is 9.79. The highest BCUT2D eigenvalue weighted by atomic mass is 16.5. The molecule has 4 nitrogen and oxygen atoms in total. The molecule has 0 spiro atoms. The number of aliphatic hydroxyl groups excluding tert-OH is 1. The number of morpholine rings is 1. The van der Waals surface area contributed by atoms with Gasteiger partial charge in [-0.3, -0.25) is 4.90 Å². The third-order valence-corrected chi connectivity index (χ3v) is 4.41. The van der Waals surface area contributed by atoms with Crippen LogP contribution in [0.2, 0.25) is 0 Å². The van der Waals surface area contributed by atoms with Crippen LogP contribution in [0.1, 0.15) is 69.2 Å². The van der Waals surface area contributed by atoms with Gasteiger partial charge in [-0.1, -0.05) is 14.9 Å². The van der Waals surface area contributed by atoms with E-state index in [1.165, 1.54) is 0 Å². The van der Waals surface area contributed by atoms with E-state index in [0.717, 1.165) is 39.0 Å². The molecule has 0 saturated carbocycles. The minimum absolute atomic E-state index is 0. The maximum atomic E-state index is 9.18. The fourth-order valence-corrected chi connectivity index (χ4v) is 3.04. The zero-order valence-electron chi connectivity index (χ0n) is 14.9. The van der Waals surface area contributed by atoms with Gasteiger partial charge in [-0.25, -0.2) is 0 Å². The van der Waals surface area contributed by atoms with Gasteiger partial charge in [0, 0.05) is 38.3 Å². The van der Waals surface area contributed by atoms with Crippen molar-refractivity contribution >= 4 is 0 Å². The lowest BCUT2D eigenvalue weighted by atomic mass is 10.1. The van der Waals surface area contributed by atoms with Crippen LogP contribution >= 0.6 is 0 Å². The molecule has 2 rings (SSSR count). The van der Waals surface area contributed by atoms with Crippen LogP contribution in [-0.2, 0) is 4.74 Å². The fraction of sp³-hybridized carbons (Fsp3) is 1.00. The Hall–Kier alpha value is -0.160. The average molecular weight is 333 g/mol. The Morgan fingerprint density at radius 1 is 0.826 bits per heavy atom. The van der Waals surface area contributed by atoms with Gasteiger partial charge in [0.25, 0.3) is 0 Å². The number of ether oxygens (including phenoxy) is 1. The highest BCUT2D eigenvalue weighted by Crippen LogP contribution is 2.13. The van der Waals surface area contributed by atoms with Crippen molar-refractivity contribution in [2.75, 3.05) is 26.2 Å². The Morgan fingerprint density at radius 2 is 1.22 bits per heavy atom. The Labute approximate surface area is 146 Å². The summed E-state index contributed by atoms with van der Waals surface area (Å²) in [5.41, 5.74) is 0. The van der Waals surface area contributed by atoms with E-state index in [1.54, 1.807) is 0 Å². The van der Waals surface area contributed by atoms with E-state index >= 15 is 0 Å². The molecular weight excluding hydrogens is 288 g/mol. The molecule has 2 unspecified atom stereocenters. The molecule has 0 aliphatic carbocycles. The summed E-state index contributed by atoms with van der Waals surface area (Å²) in [5, 5.41) is 9.18. The van der Waals surface area contributed by atoms with Crippen molar-refractivity contribution in [2.45, 2.75) is 99.6 Å². The molecule has 2 heterocycles. The van der Waals surface area contributed by atoms with Crippen molar-refractivity contribution in [3.63, 3.8) is 0 Å². The topological polar surface area (TPSA) is 35.9 Å². The van der Waals surface area contributed by atoms with Crippen molar-refractivity contribution < 1.29 is 9.84 Å². The summed E-state index contributed by atoms with van der Waals surface area (Å²) in [6, 6.07) is 1.30. The molecular formula is C19H44N2O2. The number of aliphatic hydroxyl groups is 1. The predicted molar refractivity (Wildman–Crippen MR) is 102 cm³/mol. The first kappa shape index (κ1) is 25.1. The highest BCUT2D eigenvalue weighted by molar-refractivity contribution is 4.75. The van der Waals surface area contributed by atoms with Crippen molar-refractivity contribution in [3.05, 3.63) is 0 Å². The third-order valence-electron chi connectivity index (χ3n) is 4.41. The number of likely N-dealkylation sites (tertiary alicyclic amines) is 1. The largest absolute Gasteiger partial charge is 0.393 e. The Kier molecular flexibility index (Phi) is 13.3. The summed E-state index contributed by atoms with van der Waals surface area (Å²) in [7, 11) is 0. The molecule has 23 heavy (non-hydrogen) atoms. The van der Waals surface area contributed by atoms with Crippen LogP contribution < -0.4 is 0 Å². The Balaban J connectivity index is 0. The van der Waals surface area contributed by atoms with Crippen molar-refractivity contribution in [1.29, 1.82) is 0 Å². The van der Waals surface area contributed by atoms with E-state index in [-0.39, 0.29) is 21.0 Å². The summed E-state index contributed by atoms with van der Waals surface area (Å²) >= 11 is 0. The predicted octanol–water partition coefficient (Wildman–Crippen LogP) is 3.63. The van der Waals surface area contributed by atoms with Gasteiger partial charge in [0.2, 0.25) is 0 Å². The normalized spacial score (nSPS) is 27.0. The second-order valence-electron chi connectivity index (χ2n) is 7.17. The van der Waals surface area contributed by atoms with Gasteiger partial charge >= 0.3 is 0 Å². The summed E-state index contributed by atoms with van der Waals surface area (Å²) in [6.45, 7) is 17.5. The first-order valence-electron chi connectivity index (χ1n) is 8.61. The molecule has 2 aliphatic heterocycles. The second-order valence-corrected chi connectivity index (χ2v) is 7.17. The van der Waals surface area contributed by atoms with Gasteiger partial charge in [-0.2, -0.15) is 0 Å². The third kappa shape index (κ3) is 9.65. The fourth-order valence-electron chi connectivity index (χ4n) is 3.04. The van der Waals surface area contributed by atoms with Gasteiger partial charge in [-0.15, -0.1) is 0 Å². The summed E-state index contributed by atoms with van der Waals surface area (Å²) < 4.78 is 5.62. The van der Waals surface area contributed by atoms with Gasteiger partial charge < -0.3 is 14.7 Å². The lowest BCUT2D eigenvalue weighted by Gasteiger charge is -2.37. The number of nitrogens with zero attached hydrogens (tertiary/aromatic N) is 2. The Morgan fingerprint density at radius 3 is 1.57 bits per heavy atom. The van der Waals surface area contributed by atoms with Crippen LogP contribution in [0.15, 0.2) is 0 Å². The summed E-state index contributed by atoms with van der Waals surface area (Å²) in [6.07, 6.45) is 2.69. The molecule has 2 saturated heterocycles. The Bertz CT molecular complexity index is 267. The van der Waals surface area contributed by atoms with Crippen molar-refractivity contribution in [1.82, 2.24) is 9.80 Å². The van der Waals surface area contributed by atoms with Gasteiger partial charge in [0.05, 0.1) is 18.3 Å². The van der Waals surface area contributed by atoms with Crippen LogP contribution in [0, 0.1) is 0 Å². The van der Waals surface area contributed by atoms with E-state index in [2.05, 4.69) is 51.3 Å². The van der Waals surface area contributed by atoms with Gasteiger partial charge in [0.1, 0.15) is 0 Å². The number of piperidine rings is 1. The van der Waals surface area contributed by atoms with E-state index in [0.29, 0.717) is 24.3 Å². The molecule has 2 aliphatic rings. The lowest BCUT2D eigenvalue weighted by Crippen LogP contribution is -2.48. The second kappa shape index (κ2) is 12.2. The van der Waals surface area contributed by atoms with E-state index < -0.39 is 0 Å². The number of rotatable bonds is 2. The summed E-state index contributed by atoms with van der Waals surface area (Å²) in [4.78, 5) is 4.88. The molecule has 2 fully saturated rings. The molecule has 2 atom stereocenters. The van der Waals surface area contributed by atoms with Gasteiger partial charge in [-0.05, 0) is 54.4 Å². The SMILES string of the molecule is C.C.CC(C)N1CCC(O)CC1.CC1CN(C(C)C)CC(C)O1. The maximum absolute atomic E-state index is 9.18. The lowest BCUT2D eigenvalue weighted by molar-refractivity contribution is -0.0764. The minimum Gasteiger partial charge on any atom is -0.393 e. The highest BCUT2D eigenvalue weighted by Gasteiger charge is 2.23. The zero-order chi connectivity index (χ0) is 16.0. The molecule has 4 heteroatoms. The van der Waals surface area contributed by atoms with Crippen LogP contribution in [0.3, 0.4) is 0 Å². The zero-order valence-corrected chi connectivity index (χ0v) is 14.9. The van der Waals surface area contributed by atoms with Crippen LogP contribution in [0.5, 0.6) is 0 Å². The molecule has 1 N–H and O–H groups in total. The van der Waals surface area contributed by atoms with Crippen LogP contribution in [0.25, 0.3) is 0 Å². The monoisotopic (exact) mass is 332 g/mol. The molecule has 0 bridgehead atoms. The van der Waals surface area contributed by atoms with E-state index in [1.807, 2.05) is 0 Å². The molecule has 0 amide bonds. The maximum Gasteiger partial charge on any atom is 0.0678 e. The van der Waals surface area contributed by atoms with Crippen molar-refractivity contribution in [2.24, 2.45) is 0 Å². The standard InChI is InChI=1S/C9H19NO.C8H17NO.2CH4/c1-7(2)10-5-8(3)11-9(4)6-10;1-7(2)9-5-3-8(10)4-6-9;;/h7-9H,5-6H2,1-4H3;7-8,10H,3-6H2,1-2H3;2*1H4. The molecule has 0 aromatic rings. The summed E-state index contributed by atoms with van der Waals surface area (Å²) in [5.74, 6) is 0. The number of hydrogen-bond acceptors (Lipinski definition) is 4. The van der Waals surface area contributed by atoms with Crippen LogP contribution in [-0.4, -0.2) is 71.5 Å². The molecule has 0 aromatic heterocycles. The molecule has 0 radical (unpaired) electrons. The molecule has 0 aromatic carbocycles. The van der Waals surface area contributed by atoms with E-state index in [4.69, 9.17) is 4.74 Å². The van der Waals surface area contributed by atoms with E-state index in [9.17, 15) is 5.11 Å². The quantitative estimate of drug-likeness (QED) is 0.838. The average Bonchev–Trinajstić information content (AvgIpc) is 2.38. The first-order valence-corrected chi connectivity index (χ1v) is 8.61. The van der Waals surface area contributed by atoms with Crippen LogP contribution in [0.4, 0.5) is 0 Å².